The number of carbonyl (C=O) groups excluding carboxylic acids is 2. The number of hydrogen-bond donors (Lipinski definition) is 1. The lowest BCUT2D eigenvalue weighted by Gasteiger charge is -2.26. The standard InChI is InChI=1S/C27H19ClN2O4/c1-34-22-13-12-17(28)15-19(22)25(31)23-24(20-10-4-5-14-29-20)30(27(33)26(23)32)21-11-6-8-16-7-2-3-9-18(16)21/h2-15,24,31H,1H3/b25-23+. The monoisotopic (exact) mass is 470 g/mol. The molecule has 5 rings (SSSR count). The van der Waals surface area contributed by atoms with Crippen LogP contribution in [-0.4, -0.2) is 28.9 Å². The van der Waals surface area contributed by atoms with E-state index in [1.165, 1.54) is 18.1 Å². The molecule has 34 heavy (non-hydrogen) atoms. The van der Waals surface area contributed by atoms with Gasteiger partial charge in [-0.2, -0.15) is 0 Å². The van der Waals surface area contributed by atoms with Crippen LogP contribution in [0.2, 0.25) is 5.02 Å². The largest absolute Gasteiger partial charge is 0.507 e. The van der Waals surface area contributed by atoms with Gasteiger partial charge in [-0.15, -0.1) is 0 Å². The second kappa shape index (κ2) is 8.65. The van der Waals surface area contributed by atoms with Gasteiger partial charge in [0.2, 0.25) is 0 Å². The Kier molecular flexibility index (Phi) is 5.51. The van der Waals surface area contributed by atoms with E-state index in [4.69, 9.17) is 16.3 Å². The van der Waals surface area contributed by atoms with Crippen molar-refractivity contribution in [3.8, 4) is 5.75 Å². The lowest BCUT2D eigenvalue weighted by atomic mass is 9.97. The third-order valence-electron chi connectivity index (χ3n) is 5.86. The van der Waals surface area contributed by atoms with Crippen molar-refractivity contribution in [2.75, 3.05) is 12.0 Å². The van der Waals surface area contributed by atoms with Crippen molar-refractivity contribution in [3.05, 3.63) is 107 Å². The molecule has 1 saturated heterocycles. The maximum Gasteiger partial charge on any atom is 0.300 e. The summed E-state index contributed by atoms with van der Waals surface area (Å²) in [7, 11) is 1.45. The number of methoxy groups -OCH3 is 1. The second-order valence-electron chi connectivity index (χ2n) is 7.77. The number of ketones is 1. The molecule has 1 amide bonds. The Morgan fingerprint density at radius 1 is 1.00 bits per heavy atom. The van der Waals surface area contributed by atoms with E-state index in [1.807, 2.05) is 36.4 Å². The molecule has 0 bridgehead atoms. The predicted octanol–water partition coefficient (Wildman–Crippen LogP) is 5.52. The number of benzene rings is 3. The summed E-state index contributed by atoms with van der Waals surface area (Å²) >= 11 is 6.17. The Morgan fingerprint density at radius 3 is 2.53 bits per heavy atom. The molecule has 1 N–H and O–H groups in total. The van der Waals surface area contributed by atoms with Crippen molar-refractivity contribution in [1.82, 2.24) is 4.98 Å². The van der Waals surface area contributed by atoms with Crippen molar-refractivity contribution in [3.63, 3.8) is 0 Å². The van der Waals surface area contributed by atoms with Crippen molar-refractivity contribution < 1.29 is 19.4 Å². The molecule has 0 saturated carbocycles. The zero-order chi connectivity index (χ0) is 23.8. The van der Waals surface area contributed by atoms with Crippen LogP contribution in [0.1, 0.15) is 17.3 Å². The summed E-state index contributed by atoms with van der Waals surface area (Å²) in [6.45, 7) is 0. The van der Waals surface area contributed by atoms with Crippen LogP contribution in [0.4, 0.5) is 5.69 Å². The molecule has 6 nitrogen and oxygen atoms in total. The highest BCUT2D eigenvalue weighted by atomic mass is 35.5. The Morgan fingerprint density at radius 2 is 1.76 bits per heavy atom. The van der Waals surface area contributed by atoms with Gasteiger partial charge < -0.3 is 9.84 Å². The van der Waals surface area contributed by atoms with Gasteiger partial charge in [0.25, 0.3) is 11.7 Å². The van der Waals surface area contributed by atoms with Gasteiger partial charge in [0.05, 0.1) is 29.6 Å². The number of ether oxygens (including phenoxy) is 1. The fraction of sp³-hybridized carbons (Fsp3) is 0.0741. The first-order chi connectivity index (χ1) is 16.5. The van der Waals surface area contributed by atoms with Crippen molar-refractivity contribution in [2.24, 2.45) is 0 Å². The second-order valence-corrected chi connectivity index (χ2v) is 8.20. The number of hydrogen-bond acceptors (Lipinski definition) is 5. The lowest BCUT2D eigenvalue weighted by molar-refractivity contribution is -0.132. The van der Waals surface area contributed by atoms with Crippen LogP contribution in [0.5, 0.6) is 5.75 Å². The van der Waals surface area contributed by atoms with Gasteiger partial charge in [-0.05, 0) is 41.8 Å². The Balaban J connectivity index is 1.80. The number of pyridine rings is 1. The maximum atomic E-state index is 13.4. The Bertz CT molecular complexity index is 1460. The third kappa shape index (κ3) is 3.49. The molecular weight excluding hydrogens is 452 g/mol. The number of fused-ring (bicyclic) bond motifs is 1. The first kappa shape index (κ1) is 21.7. The minimum absolute atomic E-state index is 0.0859. The highest BCUT2D eigenvalue weighted by molar-refractivity contribution is 6.52. The first-order valence-electron chi connectivity index (χ1n) is 10.5. The van der Waals surface area contributed by atoms with Crippen LogP contribution in [-0.2, 0) is 9.59 Å². The highest BCUT2D eigenvalue weighted by Crippen LogP contribution is 2.44. The smallest absolute Gasteiger partial charge is 0.300 e. The molecule has 1 atom stereocenters. The normalized spacial score (nSPS) is 17.4. The number of halogens is 1. The number of nitrogens with zero attached hydrogens (tertiary/aromatic N) is 2. The topological polar surface area (TPSA) is 79.7 Å². The molecule has 1 aromatic heterocycles. The number of amides is 1. The van der Waals surface area contributed by atoms with Crippen LogP contribution in [0, 0.1) is 0 Å². The summed E-state index contributed by atoms with van der Waals surface area (Å²) in [6.07, 6.45) is 1.58. The van der Waals surface area contributed by atoms with Crippen LogP contribution in [0.3, 0.4) is 0 Å². The van der Waals surface area contributed by atoms with Gasteiger partial charge in [-0.3, -0.25) is 19.5 Å². The summed E-state index contributed by atoms with van der Waals surface area (Å²) in [5.41, 5.74) is 1.12. The minimum atomic E-state index is -0.948. The molecular formula is C27H19ClN2O4. The van der Waals surface area contributed by atoms with E-state index in [9.17, 15) is 14.7 Å². The van der Waals surface area contributed by atoms with E-state index in [2.05, 4.69) is 4.98 Å². The molecule has 1 aliphatic rings. The van der Waals surface area contributed by atoms with E-state index in [1.54, 1.807) is 42.6 Å². The summed E-state index contributed by atoms with van der Waals surface area (Å²) < 4.78 is 5.37. The van der Waals surface area contributed by atoms with Crippen molar-refractivity contribution >= 4 is 45.5 Å². The molecule has 0 spiro atoms. The average Bonchev–Trinajstić information content (AvgIpc) is 3.14. The highest BCUT2D eigenvalue weighted by Gasteiger charge is 2.48. The molecule has 2 heterocycles. The lowest BCUT2D eigenvalue weighted by Crippen LogP contribution is -2.30. The number of aromatic nitrogens is 1. The average molecular weight is 471 g/mol. The van der Waals surface area contributed by atoms with Gasteiger partial charge in [-0.1, -0.05) is 54.1 Å². The first-order valence-corrected chi connectivity index (χ1v) is 10.9. The van der Waals surface area contributed by atoms with Crippen molar-refractivity contribution in [2.45, 2.75) is 6.04 Å². The maximum absolute atomic E-state index is 13.4. The molecule has 0 radical (unpaired) electrons. The van der Waals surface area contributed by atoms with Crippen LogP contribution in [0.25, 0.3) is 16.5 Å². The van der Waals surface area contributed by atoms with E-state index >= 15 is 0 Å². The number of rotatable bonds is 4. The SMILES string of the molecule is COc1ccc(Cl)cc1/C(O)=C1\C(=O)C(=O)N(c2cccc3ccccc23)C1c1ccccn1. The molecule has 1 unspecified atom stereocenters. The molecule has 1 fully saturated rings. The number of carbonyl (C=O) groups is 2. The minimum Gasteiger partial charge on any atom is -0.507 e. The molecule has 1 aliphatic heterocycles. The van der Waals surface area contributed by atoms with Gasteiger partial charge in [0.1, 0.15) is 17.6 Å². The number of Topliss-reactive ketones (excluding diaryl/α,β-unsaturated/α-hetero) is 1. The Hall–Kier alpha value is -4.16. The van der Waals surface area contributed by atoms with Crippen LogP contribution >= 0.6 is 11.6 Å². The number of aliphatic hydroxyl groups excluding tert-OH is 1. The zero-order valence-corrected chi connectivity index (χ0v) is 18.9. The fourth-order valence-electron chi connectivity index (χ4n) is 4.33. The quantitative estimate of drug-likeness (QED) is 0.241. The van der Waals surface area contributed by atoms with E-state index in [-0.39, 0.29) is 16.9 Å². The third-order valence-corrected chi connectivity index (χ3v) is 6.09. The van der Waals surface area contributed by atoms with Gasteiger partial charge in [0, 0.05) is 16.6 Å². The van der Waals surface area contributed by atoms with Crippen LogP contribution in [0.15, 0.2) is 90.6 Å². The molecule has 7 heteroatoms. The predicted molar refractivity (Wildman–Crippen MR) is 131 cm³/mol. The molecule has 168 valence electrons. The summed E-state index contributed by atoms with van der Waals surface area (Å²) in [5.74, 6) is -1.63. The van der Waals surface area contributed by atoms with E-state index in [0.29, 0.717) is 22.2 Å². The Labute approximate surface area is 200 Å². The van der Waals surface area contributed by atoms with E-state index < -0.39 is 17.7 Å². The van der Waals surface area contributed by atoms with E-state index in [0.717, 1.165) is 10.8 Å². The number of anilines is 1. The van der Waals surface area contributed by atoms with Crippen LogP contribution < -0.4 is 9.64 Å². The van der Waals surface area contributed by atoms with Gasteiger partial charge in [-0.25, -0.2) is 0 Å². The number of aliphatic hydroxyl groups is 1. The van der Waals surface area contributed by atoms with Gasteiger partial charge >= 0.3 is 0 Å². The fourth-order valence-corrected chi connectivity index (χ4v) is 4.50. The summed E-state index contributed by atoms with van der Waals surface area (Å²) in [6, 6.07) is 22.1. The van der Waals surface area contributed by atoms with Gasteiger partial charge in [0.15, 0.2) is 0 Å². The summed E-state index contributed by atoms with van der Waals surface area (Å²) in [5, 5.41) is 13.4. The molecule has 0 aliphatic carbocycles. The molecule has 4 aromatic rings. The van der Waals surface area contributed by atoms with Crippen molar-refractivity contribution in [1.29, 1.82) is 0 Å². The molecule has 3 aromatic carbocycles. The zero-order valence-electron chi connectivity index (χ0n) is 18.1. The summed E-state index contributed by atoms with van der Waals surface area (Å²) in [4.78, 5) is 32.7.